The number of aliphatic carboxylic acids is 2. The molecular formula is C21H22FN3O5. The Hall–Kier alpha value is -3.88. The molecule has 158 valence electrons. The number of benzene rings is 2. The van der Waals surface area contributed by atoms with Gasteiger partial charge >= 0.3 is 11.9 Å². The van der Waals surface area contributed by atoms with Gasteiger partial charge in [0, 0.05) is 19.2 Å². The number of anilines is 1. The maximum Gasteiger partial charge on any atom is 0.414 e. The van der Waals surface area contributed by atoms with E-state index in [1.807, 2.05) is 55.1 Å². The summed E-state index contributed by atoms with van der Waals surface area (Å²) in [6, 6.07) is 14.5. The van der Waals surface area contributed by atoms with Gasteiger partial charge in [-0.3, -0.25) is 0 Å². The van der Waals surface area contributed by atoms with E-state index in [2.05, 4.69) is 10.3 Å². The molecule has 3 aromatic rings. The number of carboxylic acid groups (broad SMARTS) is 2. The Balaban J connectivity index is 0.000000469. The number of aromatic nitrogens is 2. The molecule has 0 amide bonds. The minimum atomic E-state index is -1.82. The summed E-state index contributed by atoms with van der Waals surface area (Å²) in [6.07, 6.45) is 1.82. The Bertz CT molecular complexity index is 990. The van der Waals surface area contributed by atoms with Gasteiger partial charge in [0.15, 0.2) is 0 Å². The van der Waals surface area contributed by atoms with Crippen LogP contribution in [0.25, 0.3) is 11.3 Å². The van der Waals surface area contributed by atoms with E-state index >= 15 is 0 Å². The van der Waals surface area contributed by atoms with Gasteiger partial charge in [0.05, 0.1) is 18.5 Å². The highest BCUT2D eigenvalue weighted by Gasteiger charge is 2.09. The molecule has 1 aromatic heterocycles. The fourth-order valence-corrected chi connectivity index (χ4v) is 2.56. The van der Waals surface area contributed by atoms with Crippen molar-refractivity contribution < 1.29 is 28.9 Å². The molecule has 9 heteroatoms. The van der Waals surface area contributed by atoms with E-state index in [0.717, 1.165) is 28.5 Å². The summed E-state index contributed by atoms with van der Waals surface area (Å²) in [7, 11) is 1.95. The molecule has 0 aliphatic heterocycles. The fourth-order valence-electron chi connectivity index (χ4n) is 2.56. The Morgan fingerprint density at radius 3 is 2.37 bits per heavy atom. The zero-order valence-corrected chi connectivity index (χ0v) is 16.5. The molecule has 0 aliphatic rings. The van der Waals surface area contributed by atoms with Crippen LogP contribution in [0.2, 0.25) is 0 Å². The molecule has 0 saturated carbocycles. The van der Waals surface area contributed by atoms with E-state index in [4.69, 9.17) is 24.5 Å². The summed E-state index contributed by atoms with van der Waals surface area (Å²) < 4.78 is 20.7. The first-order valence-corrected chi connectivity index (χ1v) is 9.01. The minimum absolute atomic E-state index is 0.232. The zero-order valence-electron chi connectivity index (χ0n) is 16.5. The monoisotopic (exact) mass is 415 g/mol. The van der Waals surface area contributed by atoms with E-state index in [9.17, 15) is 4.39 Å². The molecule has 3 rings (SSSR count). The molecular weight excluding hydrogens is 393 g/mol. The van der Waals surface area contributed by atoms with Crippen molar-refractivity contribution in [2.45, 2.75) is 13.5 Å². The predicted octanol–water partition coefficient (Wildman–Crippen LogP) is 3.39. The SMILES string of the molecule is CCOc1ccc(-c2cnc(NCc3cccc(F)c3)n2C)cc1.O=C(O)C(=O)O. The molecule has 3 N–H and O–H groups in total. The second kappa shape index (κ2) is 10.6. The van der Waals surface area contributed by atoms with Crippen molar-refractivity contribution in [3.63, 3.8) is 0 Å². The van der Waals surface area contributed by atoms with Crippen LogP contribution in [0.4, 0.5) is 10.3 Å². The van der Waals surface area contributed by atoms with E-state index in [-0.39, 0.29) is 5.82 Å². The quantitative estimate of drug-likeness (QED) is 0.529. The van der Waals surface area contributed by atoms with Gasteiger partial charge in [0.2, 0.25) is 5.95 Å². The molecule has 0 bridgehead atoms. The van der Waals surface area contributed by atoms with Gasteiger partial charge in [-0.15, -0.1) is 0 Å². The Morgan fingerprint density at radius 1 is 1.13 bits per heavy atom. The van der Waals surface area contributed by atoms with E-state index in [1.54, 1.807) is 6.07 Å². The van der Waals surface area contributed by atoms with Gasteiger partial charge in [-0.1, -0.05) is 12.1 Å². The number of ether oxygens (including phenoxy) is 1. The summed E-state index contributed by atoms with van der Waals surface area (Å²) in [5.74, 6) is -2.29. The third-order valence-corrected chi connectivity index (χ3v) is 3.97. The molecule has 0 atom stereocenters. The molecule has 1 heterocycles. The predicted molar refractivity (Wildman–Crippen MR) is 109 cm³/mol. The standard InChI is InChI=1S/C19H20FN3O.C2H2O4/c1-3-24-17-9-7-15(8-10-17)18-13-22-19(23(18)2)21-12-14-5-4-6-16(20)11-14;3-1(4)2(5)6/h4-11,13H,3,12H2,1-2H3,(H,21,22);(H,3,4)(H,5,6). The van der Waals surface area contributed by atoms with Crippen LogP contribution in [-0.4, -0.2) is 38.3 Å². The number of nitrogens with zero attached hydrogens (tertiary/aromatic N) is 2. The molecule has 0 aliphatic carbocycles. The molecule has 0 radical (unpaired) electrons. The number of carbonyl (C=O) groups is 2. The lowest BCUT2D eigenvalue weighted by Crippen LogP contribution is -2.09. The van der Waals surface area contributed by atoms with Crippen LogP contribution in [0.5, 0.6) is 5.75 Å². The Labute approximate surface area is 172 Å². The lowest BCUT2D eigenvalue weighted by atomic mass is 10.1. The van der Waals surface area contributed by atoms with Crippen molar-refractivity contribution in [1.82, 2.24) is 9.55 Å². The van der Waals surface area contributed by atoms with E-state index in [1.165, 1.54) is 12.1 Å². The second-order valence-electron chi connectivity index (χ2n) is 6.08. The van der Waals surface area contributed by atoms with Crippen LogP contribution in [0, 0.1) is 5.82 Å². The average Bonchev–Trinajstić information content (AvgIpc) is 3.08. The van der Waals surface area contributed by atoms with Crippen LogP contribution >= 0.6 is 0 Å². The third kappa shape index (κ3) is 6.33. The van der Waals surface area contributed by atoms with Crippen LogP contribution in [0.3, 0.4) is 0 Å². The van der Waals surface area contributed by atoms with Crippen molar-refractivity contribution in [2.24, 2.45) is 7.05 Å². The van der Waals surface area contributed by atoms with Gasteiger partial charge < -0.3 is 24.8 Å². The number of halogens is 1. The summed E-state index contributed by atoms with van der Waals surface area (Å²) in [6.45, 7) is 3.14. The summed E-state index contributed by atoms with van der Waals surface area (Å²) >= 11 is 0. The largest absolute Gasteiger partial charge is 0.494 e. The van der Waals surface area contributed by atoms with Gasteiger partial charge in [-0.2, -0.15) is 0 Å². The van der Waals surface area contributed by atoms with Crippen LogP contribution in [-0.2, 0) is 23.2 Å². The first-order valence-electron chi connectivity index (χ1n) is 9.01. The normalized spacial score (nSPS) is 9.97. The highest BCUT2D eigenvalue weighted by molar-refractivity contribution is 6.27. The van der Waals surface area contributed by atoms with Crippen LogP contribution < -0.4 is 10.1 Å². The number of carboxylic acids is 2. The summed E-state index contributed by atoms with van der Waals surface area (Å²) in [4.78, 5) is 22.6. The topological polar surface area (TPSA) is 114 Å². The summed E-state index contributed by atoms with van der Waals surface area (Å²) in [5, 5.41) is 18.0. The highest BCUT2D eigenvalue weighted by atomic mass is 19.1. The second-order valence-corrected chi connectivity index (χ2v) is 6.08. The molecule has 2 aromatic carbocycles. The van der Waals surface area contributed by atoms with Crippen molar-refractivity contribution in [2.75, 3.05) is 11.9 Å². The maximum absolute atomic E-state index is 13.2. The number of hydrogen-bond acceptors (Lipinski definition) is 5. The van der Waals surface area contributed by atoms with Gasteiger partial charge in [-0.05, 0) is 48.9 Å². The maximum atomic E-state index is 13.2. The molecule has 0 unspecified atom stereocenters. The van der Waals surface area contributed by atoms with Crippen molar-refractivity contribution in [1.29, 1.82) is 0 Å². The van der Waals surface area contributed by atoms with Crippen molar-refractivity contribution in [3.05, 3.63) is 66.1 Å². The Kier molecular flexibility index (Phi) is 7.92. The van der Waals surface area contributed by atoms with E-state index < -0.39 is 11.9 Å². The first-order chi connectivity index (χ1) is 14.3. The lowest BCUT2D eigenvalue weighted by Gasteiger charge is -2.09. The van der Waals surface area contributed by atoms with Crippen LogP contribution in [0.1, 0.15) is 12.5 Å². The number of rotatable bonds is 6. The van der Waals surface area contributed by atoms with Crippen LogP contribution in [0.15, 0.2) is 54.7 Å². The minimum Gasteiger partial charge on any atom is -0.494 e. The Morgan fingerprint density at radius 2 is 1.80 bits per heavy atom. The summed E-state index contributed by atoms with van der Waals surface area (Å²) in [5.41, 5.74) is 2.94. The third-order valence-electron chi connectivity index (χ3n) is 3.97. The van der Waals surface area contributed by atoms with Gasteiger partial charge in [0.25, 0.3) is 0 Å². The number of nitrogens with one attached hydrogen (secondary N) is 1. The number of hydrogen-bond donors (Lipinski definition) is 3. The molecule has 0 saturated heterocycles. The fraction of sp³-hybridized carbons (Fsp3) is 0.190. The smallest absolute Gasteiger partial charge is 0.414 e. The van der Waals surface area contributed by atoms with Crippen molar-refractivity contribution >= 4 is 17.9 Å². The molecule has 0 fully saturated rings. The van der Waals surface area contributed by atoms with Crippen molar-refractivity contribution in [3.8, 4) is 17.0 Å². The molecule has 30 heavy (non-hydrogen) atoms. The highest BCUT2D eigenvalue weighted by Crippen LogP contribution is 2.24. The lowest BCUT2D eigenvalue weighted by molar-refractivity contribution is -0.159. The van der Waals surface area contributed by atoms with Gasteiger partial charge in [0.1, 0.15) is 11.6 Å². The number of imidazole rings is 1. The van der Waals surface area contributed by atoms with Gasteiger partial charge in [-0.25, -0.2) is 19.0 Å². The van der Waals surface area contributed by atoms with E-state index in [0.29, 0.717) is 13.2 Å². The first kappa shape index (κ1) is 22.4. The average molecular weight is 415 g/mol. The molecule has 0 spiro atoms. The zero-order chi connectivity index (χ0) is 22.1. The molecule has 8 nitrogen and oxygen atoms in total.